The molecule has 1 fully saturated rings. The van der Waals surface area contributed by atoms with E-state index in [4.69, 9.17) is 5.11 Å². The third-order valence-corrected chi connectivity index (χ3v) is 6.01. The van der Waals surface area contributed by atoms with Gasteiger partial charge in [0, 0.05) is 23.2 Å². The number of carboxylic acids is 1. The number of hydrogen-bond acceptors (Lipinski definition) is 3. The lowest BCUT2D eigenvalue weighted by atomic mass is 9.88. The highest BCUT2D eigenvalue weighted by Crippen LogP contribution is 2.33. The minimum Gasteiger partial charge on any atom is -0.478 e. The van der Waals surface area contributed by atoms with Crippen molar-refractivity contribution >= 4 is 27.7 Å². The number of benzene rings is 2. The van der Waals surface area contributed by atoms with Crippen LogP contribution in [0.15, 0.2) is 65.2 Å². The number of ketones is 1. The van der Waals surface area contributed by atoms with Crippen LogP contribution < -0.4 is 0 Å². The molecule has 2 N–H and O–H groups in total. The smallest absolute Gasteiger partial charge is 0.335 e. The fraction of sp³-hybridized carbons (Fsp3) is 0.333. The number of aromatic carboxylic acids is 1. The first-order chi connectivity index (χ1) is 13.9. The van der Waals surface area contributed by atoms with Crippen molar-refractivity contribution in [3.05, 3.63) is 81.8 Å². The molecule has 0 aromatic heterocycles. The van der Waals surface area contributed by atoms with Gasteiger partial charge >= 0.3 is 5.97 Å². The Labute approximate surface area is 179 Å². The molecule has 1 saturated carbocycles. The normalized spacial score (nSPS) is 20.3. The fourth-order valence-electron chi connectivity index (χ4n) is 3.92. The van der Waals surface area contributed by atoms with Crippen LogP contribution in [0.5, 0.6) is 0 Å². The molecule has 3 unspecified atom stereocenters. The topological polar surface area (TPSA) is 74.6 Å². The van der Waals surface area contributed by atoms with Gasteiger partial charge in [-0.05, 0) is 60.6 Å². The lowest BCUT2D eigenvalue weighted by molar-refractivity contribution is -0.121. The zero-order valence-corrected chi connectivity index (χ0v) is 17.7. The molecule has 0 aliphatic heterocycles. The van der Waals surface area contributed by atoms with E-state index in [1.165, 1.54) is 0 Å². The van der Waals surface area contributed by atoms with Crippen molar-refractivity contribution in [2.24, 2.45) is 11.8 Å². The van der Waals surface area contributed by atoms with Crippen molar-refractivity contribution in [3.63, 3.8) is 0 Å². The van der Waals surface area contributed by atoms with Gasteiger partial charge in [-0.3, -0.25) is 4.79 Å². The molecule has 0 heterocycles. The molecule has 1 aliphatic rings. The number of aliphatic hydroxyl groups is 1. The monoisotopic (exact) mass is 456 g/mol. The summed E-state index contributed by atoms with van der Waals surface area (Å²) in [6, 6.07) is 14.7. The van der Waals surface area contributed by atoms with Crippen molar-refractivity contribution in [2.75, 3.05) is 0 Å². The van der Waals surface area contributed by atoms with Crippen molar-refractivity contribution < 1.29 is 19.8 Å². The number of aryl methyl sites for hydroxylation is 1. The summed E-state index contributed by atoms with van der Waals surface area (Å²) >= 11 is 3.44. The van der Waals surface area contributed by atoms with Gasteiger partial charge in [-0.15, -0.1) is 0 Å². The van der Waals surface area contributed by atoms with Crippen LogP contribution in [0.4, 0.5) is 0 Å². The van der Waals surface area contributed by atoms with Gasteiger partial charge in [0.25, 0.3) is 0 Å². The summed E-state index contributed by atoms with van der Waals surface area (Å²) < 4.78 is 0.990. The number of allylic oxidation sites excluding steroid dienone is 1. The molecule has 0 saturated heterocycles. The van der Waals surface area contributed by atoms with E-state index in [2.05, 4.69) is 15.9 Å². The van der Waals surface area contributed by atoms with Crippen LogP contribution in [0.1, 0.15) is 40.7 Å². The van der Waals surface area contributed by atoms with Crippen LogP contribution >= 0.6 is 15.9 Å². The minimum absolute atomic E-state index is 0.0385. The molecule has 3 atom stereocenters. The molecule has 29 heavy (non-hydrogen) atoms. The first kappa shape index (κ1) is 21.5. The van der Waals surface area contributed by atoms with Crippen molar-refractivity contribution in [1.82, 2.24) is 0 Å². The molecule has 0 amide bonds. The summed E-state index contributed by atoms with van der Waals surface area (Å²) in [6.07, 6.45) is 6.66. The molecular formula is C24H25BrO4. The lowest BCUT2D eigenvalue weighted by Crippen LogP contribution is -2.15. The summed E-state index contributed by atoms with van der Waals surface area (Å²) in [5.41, 5.74) is 2.36. The number of rotatable bonds is 8. The van der Waals surface area contributed by atoms with Crippen LogP contribution in [0, 0.1) is 11.8 Å². The van der Waals surface area contributed by atoms with Crippen molar-refractivity contribution in [3.8, 4) is 0 Å². The largest absolute Gasteiger partial charge is 0.478 e. The van der Waals surface area contributed by atoms with Gasteiger partial charge in [-0.1, -0.05) is 52.3 Å². The SMILES string of the molecule is O=C(O)c1ccc(CCC2C(=O)CCC2C=CC(O)Cc2cccc(Br)c2)cc1. The average molecular weight is 457 g/mol. The Hall–Kier alpha value is -2.24. The third kappa shape index (κ3) is 6.12. The number of carbonyl (C=O) groups excluding carboxylic acids is 1. The second kappa shape index (κ2) is 9.99. The van der Waals surface area contributed by atoms with Gasteiger partial charge in [0.15, 0.2) is 0 Å². The van der Waals surface area contributed by atoms with Crippen LogP contribution in [0.3, 0.4) is 0 Å². The lowest BCUT2D eigenvalue weighted by Gasteiger charge is -2.16. The molecule has 2 aromatic carbocycles. The molecule has 0 radical (unpaired) electrons. The maximum absolute atomic E-state index is 12.3. The summed E-state index contributed by atoms with van der Waals surface area (Å²) in [4.78, 5) is 23.3. The molecular weight excluding hydrogens is 432 g/mol. The summed E-state index contributed by atoms with van der Waals surface area (Å²) in [6.45, 7) is 0. The number of aliphatic hydroxyl groups excluding tert-OH is 1. The van der Waals surface area contributed by atoms with Gasteiger partial charge in [0.05, 0.1) is 11.7 Å². The second-order valence-electron chi connectivity index (χ2n) is 7.60. The van der Waals surface area contributed by atoms with Crippen LogP contribution in [0.25, 0.3) is 0 Å². The highest BCUT2D eigenvalue weighted by atomic mass is 79.9. The number of hydrogen-bond donors (Lipinski definition) is 2. The summed E-state index contributed by atoms with van der Waals surface area (Å²) in [5, 5.41) is 19.3. The van der Waals surface area contributed by atoms with Crippen LogP contribution in [-0.2, 0) is 17.6 Å². The van der Waals surface area contributed by atoms with Gasteiger partial charge in [0.2, 0.25) is 0 Å². The zero-order chi connectivity index (χ0) is 20.8. The molecule has 2 aromatic rings. The Balaban J connectivity index is 1.56. The van der Waals surface area contributed by atoms with E-state index < -0.39 is 12.1 Å². The predicted molar refractivity (Wildman–Crippen MR) is 116 cm³/mol. The second-order valence-corrected chi connectivity index (χ2v) is 8.52. The number of carbonyl (C=O) groups is 2. The van der Waals surface area contributed by atoms with Gasteiger partial charge in [0.1, 0.15) is 5.78 Å². The molecule has 4 nitrogen and oxygen atoms in total. The Bertz CT molecular complexity index is 888. The molecule has 1 aliphatic carbocycles. The van der Waals surface area contributed by atoms with E-state index in [0.717, 1.165) is 34.9 Å². The first-order valence-electron chi connectivity index (χ1n) is 9.88. The van der Waals surface area contributed by atoms with E-state index in [-0.39, 0.29) is 23.2 Å². The summed E-state index contributed by atoms with van der Waals surface area (Å²) in [7, 11) is 0. The highest BCUT2D eigenvalue weighted by molar-refractivity contribution is 9.10. The van der Waals surface area contributed by atoms with Gasteiger partial charge in [-0.2, -0.15) is 0 Å². The molecule has 5 heteroatoms. The van der Waals surface area contributed by atoms with Gasteiger partial charge < -0.3 is 10.2 Å². The van der Waals surface area contributed by atoms with Crippen LogP contribution in [-0.4, -0.2) is 28.1 Å². The minimum atomic E-state index is -0.936. The van der Waals surface area contributed by atoms with E-state index in [1.807, 2.05) is 48.6 Å². The molecule has 152 valence electrons. The Morgan fingerprint density at radius 1 is 1.17 bits per heavy atom. The van der Waals surface area contributed by atoms with E-state index in [9.17, 15) is 14.7 Å². The number of Topliss-reactive ketones (excluding diaryl/α,β-unsaturated/α-hetero) is 1. The molecule has 3 rings (SSSR count). The first-order valence-corrected chi connectivity index (χ1v) is 10.7. The van der Waals surface area contributed by atoms with E-state index >= 15 is 0 Å². The van der Waals surface area contributed by atoms with Crippen molar-refractivity contribution in [1.29, 1.82) is 0 Å². The van der Waals surface area contributed by atoms with Crippen LogP contribution in [0.2, 0.25) is 0 Å². The van der Waals surface area contributed by atoms with Crippen molar-refractivity contribution in [2.45, 2.75) is 38.2 Å². The third-order valence-electron chi connectivity index (χ3n) is 5.51. The number of halogens is 1. The fourth-order valence-corrected chi connectivity index (χ4v) is 4.37. The Morgan fingerprint density at radius 3 is 2.62 bits per heavy atom. The van der Waals surface area contributed by atoms with Gasteiger partial charge in [-0.25, -0.2) is 4.79 Å². The maximum Gasteiger partial charge on any atom is 0.335 e. The zero-order valence-electron chi connectivity index (χ0n) is 16.1. The van der Waals surface area contributed by atoms with E-state index in [1.54, 1.807) is 12.1 Å². The maximum atomic E-state index is 12.3. The predicted octanol–water partition coefficient (Wildman–Crippen LogP) is 4.84. The summed E-state index contributed by atoms with van der Waals surface area (Å²) in [5.74, 6) is -0.543. The standard InChI is InChI=1S/C24H25BrO4/c25-20-3-1-2-17(14-20)15-21(26)11-9-18-10-13-23(27)22(18)12-6-16-4-7-19(8-5-16)24(28)29/h1-5,7-9,11,14,18,21-22,26H,6,10,12-13,15H2,(H,28,29). The average Bonchev–Trinajstić information content (AvgIpc) is 3.04. The van der Waals surface area contributed by atoms with E-state index in [0.29, 0.717) is 12.8 Å². The molecule has 0 bridgehead atoms. The number of carboxylic acid groups (broad SMARTS) is 1. The highest BCUT2D eigenvalue weighted by Gasteiger charge is 2.32. The quantitative estimate of drug-likeness (QED) is 0.557. The Morgan fingerprint density at radius 2 is 1.93 bits per heavy atom. The Kier molecular flexibility index (Phi) is 7.40. The molecule has 0 spiro atoms.